The van der Waals surface area contributed by atoms with Crippen LogP contribution < -0.4 is 5.32 Å². The van der Waals surface area contributed by atoms with Crippen LogP contribution in [0.5, 0.6) is 0 Å². The lowest BCUT2D eigenvalue weighted by Crippen LogP contribution is -2.41. The maximum Gasteiger partial charge on any atom is 0.289 e. The van der Waals surface area contributed by atoms with Crippen LogP contribution in [0, 0.1) is 5.92 Å². The minimum Gasteiger partial charge on any atom is -0.459 e. The Labute approximate surface area is 199 Å². The summed E-state index contributed by atoms with van der Waals surface area (Å²) in [6.45, 7) is 9.88. The molecule has 1 aromatic carbocycles. The van der Waals surface area contributed by atoms with Crippen LogP contribution in [0.15, 0.2) is 46.4 Å². The number of furan rings is 1. The smallest absolute Gasteiger partial charge is 0.289 e. The molecular weight excluding hydrogens is 434 g/mol. The van der Waals surface area contributed by atoms with Crippen molar-refractivity contribution in [1.82, 2.24) is 9.88 Å². The van der Waals surface area contributed by atoms with Crippen molar-refractivity contribution in [2.75, 3.05) is 18.4 Å². The highest BCUT2D eigenvalue weighted by Crippen LogP contribution is 2.34. The maximum atomic E-state index is 12.8. The topological polar surface area (TPSA) is 75.4 Å². The molecule has 0 unspecified atom stereocenters. The molecule has 0 saturated carbocycles. The van der Waals surface area contributed by atoms with Crippen LogP contribution in [0.1, 0.15) is 74.1 Å². The molecule has 3 aromatic rings. The van der Waals surface area contributed by atoms with Gasteiger partial charge in [0.2, 0.25) is 5.91 Å². The van der Waals surface area contributed by atoms with Crippen molar-refractivity contribution in [3.05, 3.63) is 58.9 Å². The number of likely N-dealkylation sites (tertiary alicyclic amines) is 1. The number of benzene rings is 1. The molecule has 0 bridgehead atoms. The Hall–Kier alpha value is -2.93. The Morgan fingerprint density at radius 2 is 1.88 bits per heavy atom. The van der Waals surface area contributed by atoms with Gasteiger partial charge in [-0.3, -0.25) is 9.59 Å². The standard InChI is InChI=1S/C26H31N3O3S/c1-16(2)19-7-8-20(21(14-19)17(3)4)22-15-33-26(27-22)28-24(30)18-9-11-29(12-10-18)25(31)23-6-5-13-32-23/h5-8,13-18H,9-12H2,1-4H3,(H,27,28,30). The summed E-state index contributed by atoms with van der Waals surface area (Å²) in [6.07, 6.45) is 2.76. The summed E-state index contributed by atoms with van der Waals surface area (Å²) in [5, 5.41) is 5.63. The van der Waals surface area contributed by atoms with Gasteiger partial charge in [0, 0.05) is 30.0 Å². The Bertz CT molecular complexity index is 1110. The van der Waals surface area contributed by atoms with E-state index in [2.05, 4.69) is 51.2 Å². The third-order valence-electron chi connectivity index (χ3n) is 6.26. The van der Waals surface area contributed by atoms with E-state index in [9.17, 15) is 9.59 Å². The Morgan fingerprint density at radius 3 is 2.52 bits per heavy atom. The predicted octanol–water partition coefficient (Wildman–Crippen LogP) is 6.14. The molecule has 1 aliphatic rings. The number of aromatic nitrogens is 1. The number of amides is 2. The van der Waals surface area contributed by atoms with Crippen LogP contribution in [-0.2, 0) is 4.79 Å². The molecule has 33 heavy (non-hydrogen) atoms. The lowest BCUT2D eigenvalue weighted by molar-refractivity contribution is -0.121. The molecule has 174 valence electrons. The van der Waals surface area contributed by atoms with Crippen molar-refractivity contribution >= 4 is 28.3 Å². The summed E-state index contributed by atoms with van der Waals surface area (Å²) in [6, 6.07) is 9.97. The lowest BCUT2D eigenvalue weighted by atomic mass is 9.90. The number of nitrogens with zero attached hydrogens (tertiary/aromatic N) is 2. The van der Waals surface area contributed by atoms with Crippen molar-refractivity contribution in [2.45, 2.75) is 52.4 Å². The van der Waals surface area contributed by atoms with Crippen molar-refractivity contribution in [2.24, 2.45) is 5.92 Å². The van der Waals surface area contributed by atoms with Crippen molar-refractivity contribution in [1.29, 1.82) is 0 Å². The van der Waals surface area contributed by atoms with Gasteiger partial charge in [0.05, 0.1) is 12.0 Å². The van der Waals surface area contributed by atoms with Crippen LogP contribution in [-0.4, -0.2) is 34.8 Å². The van der Waals surface area contributed by atoms with Crippen molar-refractivity contribution < 1.29 is 14.0 Å². The minimum atomic E-state index is -0.130. The zero-order valence-electron chi connectivity index (χ0n) is 19.6. The third kappa shape index (κ3) is 5.19. The first kappa shape index (κ1) is 23.2. The lowest BCUT2D eigenvalue weighted by Gasteiger charge is -2.30. The molecule has 0 spiro atoms. The molecule has 0 aliphatic carbocycles. The maximum absolute atomic E-state index is 12.8. The van der Waals surface area contributed by atoms with Crippen LogP contribution in [0.4, 0.5) is 5.13 Å². The van der Waals surface area contributed by atoms with E-state index < -0.39 is 0 Å². The second-order valence-corrected chi connectivity index (χ2v) is 10.1. The van der Waals surface area contributed by atoms with Gasteiger partial charge in [-0.2, -0.15) is 0 Å². The second kappa shape index (κ2) is 9.91. The fraction of sp³-hybridized carbons (Fsp3) is 0.423. The van der Waals surface area contributed by atoms with Crippen molar-refractivity contribution in [3.63, 3.8) is 0 Å². The molecule has 3 heterocycles. The van der Waals surface area contributed by atoms with Crippen LogP contribution in [0.3, 0.4) is 0 Å². The van der Waals surface area contributed by atoms with Crippen LogP contribution >= 0.6 is 11.3 Å². The largest absolute Gasteiger partial charge is 0.459 e. The van der Waals surface area contributed by atoms with Crippen molar-refractivity contribution in [3.8, 4) is 11.3 Å². The van der Waals surface area contributed by atoms with Gasteiger partial charge in [-0.1, -0.05) is 45.9 Å². The number of hydrogen-bond donors (Lipinski definition) is 1. The molecule has 6 nitrogen and oxygen atoms in total. The van der Waals surface area contributed by atoms with Gasteiger partial charge in [0.1, 0.15) is 0 Å². The van der Waals surface area contributed by atoms with Crippen LogP contribution in [0.2, 0.25) is 0 Å². The van der Waals surface area contributed by atoms with E-state index in [1.165, 1.54) is 28.7 Å². The van der Waals surface area contributed by atoms with Gasteiger partial charge in [0.15, 0.2) is 10.9 Å². The number of hydrogen-bond acceptors (Lipinski definition) is 5. The second-order valence-electron chi connectivity index (χ2n) is 9.23. The highest BCUT2D eigenvalue weighted by atomic mass is 32.1. The van der Waals surface area contributed by atoms with E-state index in [0.29, 0.717) is 48.7 Å². The summed E-state index contributed by atoms with van der Waals surface area (Å²) < 4.78 is 5.20. The Balaban J connectivity index is 1.39. The van der Waals surface area contributed by atoms with Gasteiger partial charge in [-0.05, 0) is 47.9 Å². The molecule has 1 saturated heterocycles. The van der Waals surface area contributed by atoms with E-state index in [1.54, 1.807) is 17.0 Å². The van der Waals surface area contributed by atoms with Gasteiger partial charge >= 0.3 is 0 Å². The summed E-state index contributed by atoms with van der Waals surface area (Å²) in [7, 11) is 0. The summed E-state index contributed by atoms with van der Waals surface area (Å²) in [4.78, 5) is 31.7. The van der Waals surface area contributed by atoms with E-state index in [0.717, 1.165) is 11.3 Å². The fourth-order valence-electron chi connectivity index (χ4n) is 4.21. The first-order chi connectivity index (χ1) is 15.8. The number of carbonyl (C=O) groups excluding carboxylic acids is 2. The molecule has 1 fully saturated rings. The Morgan fingerprint density at radius 1 is 1.12 bits per heavy atom. The molecule has 0 radical (unpaired) electrons. The zero-order chi connectivity index (χ0) is 23.5. The quantitative estimate of drug-likeness (QED) is 0.474. The number of thiazole rings is 1. The first-order valence-corrected chi connectivity index (χ1v) is 12.4. The molecule has 0 atom stereocenters. The van der Waals surface area contributed by atoms with Gasteiger partial charge in [-0.25, -0.2) is 4.98 Å². The summed E-state index contributed by atoms with van der Waals surface area (Å²) in [5.74, 6) is 0.924. The van der Waals surface area contributed by atoms with E-state index in [-0.39, 0.29) is 17.7 Å². The third-order valence-corrected chi connectivity index (χ3v) is 7.02. The average molecular weight is 466 g/mol. The molecule has 1 aliphatic heterocycles. The molecule has 4 rings (SSSR count). The average Bonchev–Trinajstić information content (AvgIpc) is 3.51. The highest BCUT2D eigenvalue weighted by molar-refractivity contribution is 7.14. The summed E-state index contributed by atoms with van der Waals surface area (Å²) in [5.41, 5.74) is 4.62. The van der Waals surface area contributed by atoms with Gasteiger partial charge in [0.25, 0.3) is 5.91 Å². The normalized spacial score (nSPS) is 14.8. The number of piperidine rings is 1. The Kier molecular flexibility index (Phi) is 6.98. The van der Waals surface area contributed by atoms with Gasteiger partial charge < -0.3 is 14.6 Å². The molecule has 2 aromatic heterocycles. The van der Waals surface area contributed by atoms with E-state index >= 15 is 0 Å². The monoisotopic (exact) mass is 465 g/mol. The van der Waals surface area contributed by atoms with E-state index in [1.807, 2.05) is 5.38 Å². The molecular formula is C26H31N3O3S. The first-order valence-electron chi connectivity index (χ1n) is 11.6. The minimum absolute atomic E-state index is 0.0276. The number of carbonyl (C=O) groups is 2. The fourth-order valence-corrected chi connectivity index (χ4v) is 4.93. The van der Waals surface area contributed by atoms with Crippen LogP contribution in [0.25, 0.3) is 11.3 Å². The number of nitrogens with one attached hydrogen (secondary N) is 1. The zero-order valence-corrected chi connectivity index (χ0v) is 20.4. The molecule has 1 N–H and O–H groups in total. The SMILES string of the molecule is CC(C)c1ccc(-c2csc(NC(=O)C3CCN(C(=O)c4ccco4)CC3)n2)c(C(C)C)c1. The highest BCUT2D eigenvalue weighted by Gasteiger charge is 2.29. The van der Waals surface area contributed by atoms with Gasteiger partial charge in [-0.15, -0.1) is 11.3 Å². The number of anilines is 1. The summed E-state index contributed by atoms with van der Waals surface area (Å²) >= 11 is 1.45. The number of rotatable bonds is 6. The predicted molar refractivity (Wildman–Crippen MR) is 132 cm³/mol. The molecule has 7 heteroatoms. The molecule has 2 amide bonds. The van der Waals surface area contributed by atoms with E-state index in [4.69, 9.17) is 9.40 Å².